The SMILES string of the molecule is CC(C)(C)C(=O)c1ccc2c(c1)CCCC(=O)N2. The van der Waals surface area contributed by atoms with Gasteiger partial charge in [-0.25, -0.2) is 0 Å². The molecule has 1 aliphatic rings. The van der Waals surface area contributed by atoms with Crippen molar-refractivity contribution in [3.8, 4) is 0 Å². The Balaban J connectivity index is 2.36. The molecule has 1 heterocycles. The molecule has 1 aliphatic heterocycles. The van der Waals surface area contributed by atoms with E-state index in [-0.39, 0.29) is 17.1 Å². The van der Waals surface area contributed by atoms with Crippen LogP contribution in [0, 0.1) is 5.41 Å². The van der Waals surface area contributed by atoms with E-state index >= 15 is 0 Å². The Kier molecular flexibility index (Phi) is 3.24. The summed E-state index contributed by atoms with van der Waals surface area (Å²) in [5, 5.41) is 2.88. The van der Waals surface area contributed by atoms with Gasteiger partial charge in [0.05, 0.1) is 0 Å². The summed E-state index contributed by atoms with van der Waals surface area (Å²) in [6.45, 7) is 5.76. The van der Waals surface area contributed by atoms with Crippen LogP contribution in [0.25, 0.3) is 0 Å². The van der Waals surface area contributed by atoms with E-state index in [2.05, 4.69) is 5.32 Å². The Labute approximate surface area is 108 Å². The number of benzene rings is 1. The maximum Gasteiger partial charge on any atom is 0.224 e. The molecule has 0 radical (unpaired) electrons. The van der Waals surface area contributed by atoms with Gasteiger partial charge in [-0.1, -0.05) is 20.8 Å². The van der Waals surface area contributed by atoms with Gasteiger partial charge in [-0.2, -0.15) is 0 Å². The fourth-order valence-corrected chi connectivity index (χ4v) is 2.15. The summed E-state index contributed by atoms with van der Waals surface area (Å²) in [6.07, 6.45) is 2.24. The maximum atomic E-state index is 12.2. The molecule has 1 aromatic carbocycles. The van der Waals surface area contributed by atoms with E-state index in [0.29, 0.717) is 6.42 Å². The van der Waals surface area contributed by atoms with Crippen molar-refractivity contribution in [1.29, 1.82) is 0 Å². The van der Waals surface area contributed by atoms with Gasteiger partial charge in [0.1, 0.15) is 0 Å². The number of ketones is 1. The summed E-state index contributed by atoms with van der Waals surface area (Å²) in [4.78, 5) is 23.7. The zero-order valence-corrected chi connectivity index (χ0v) is 11.2. The van der Waals surface area contributed by atoms with Crippen LogP contribution in [-0.2, 0) is 11.2 Å². The average molecular weight is 245 g/mol. The molecule has 1 N–H and O–H groups in total. The highest BCUT2D eigenvalue weighted by atomic mass is 16.1. The molecule has 0 aromatic heterocycles. The fourth-order valence-electron chi connectivity index (χ4n) is 2.15. The predicted molar refractivity (Wildman–Crippen MR) is 71.8 cm³/mol. The maximum absolute atomic E-state index is 12.2. The van der Waals surface area contributed by atoms with E-state index in [4.69, 9.17) is 0 Å². The van der Waals surface area contributed by atoms with Gasteiger partial charge in [-0.3, -0.25) is 9.59 Å². The summed E-state index contributed by atoms with van der Waals surface area (Å²) in [5.41, 5.74) is 2.28. The number of hydrogen-bond donors (Lipinski definition) is 1. The van der Waals surface area contributed by atoms with Crippen LogP contribution in [0.5, 0.6) is 0 Å². The number of rotatable bonds is 1. The van der Waals surface area contributed by atoms with Crippen LogP contribution in [0.4, 0.5) is 5.69 Å². The van der Waals surface area contributed by atoms with Crippen molar-refractivity contribution in [2.75, 3.05) is 5.32 Å². The second-order valence-electron chi connectivity index (χ2n) is 5.85. The van der Waals surface area contributed by atoms with Crippen molar-refractivity contribution in [2.24, 2.45) is 5.41 Å². The van der Waals surface area contributed by atoms with Crippen molar-refractivity contribution in [1.82, 2.24) is 0 Å². The van der Waals surface area contributed by atoms with Crippen molar-refractivity contribution >= 4 is 17.4 Å². The van der Waals surface area contributed by atoms with Gasteiger partial charge in [-0.15, -0.1) is 0 Å². The summed E-state index contributed by atoms with van der Waals surface area (Å²) < 4.78 is 0. The van der Waals surface area contributed by atoms with E-state index in [1.165, 1.54) is 0 Å². The second kappa shape index (κ2) is 4.56. The normalized spacial score (nSPS) is 15.6. The van der Waals surface area contributed by atoms with Gasteiger partial charge in [-0.05, 0) is 36.6 Å². The van der Waals surface area contributed by atoms with Gasteiger partial charge in [0, 0.05) is 23.1 Å². The Morgan fingerprint density at radius 2 is 1.94 bits per heavy atom. The molecule has 0 fully saturated rings. The van der Waals surface area contributed by atoms with Crippen LogP contribution in [0.15, 0.2) is 18.2 Å². The number of Topliss-reactive ketones (excluding diaryl/α,β-unsaturated/α-hetero) is 1. The summed E-state index contributed by atoms with van der Waals surface area (Å²) >= 11 is 0. The standard InChI is InChI=1S/C15H19NO2/c1-15(2,3)14(18)11-7-8-12-10(9-11)5-4-6-13(17)16-12/h7-9H,4-6H2,1-3H3,(H,16,17). The minimum atomic E-state index is -0.373. The molecule has 1 amide bonds. The molecule has 0 saturated heterocycles. The molecule has 96 valence electrons. The molecule has 0 unspecified atom stereocenters. The molecule has 0 spiro atoms. The molecule has 0 aliphatic carbocycles. The average Bonchev–Trinajstić information content (AvgIpc) is 2.46. The molecular formula is C15H19NO2. The highest BCUT2D eigenvalue weighted by molar-refractivity contribution is 6.01. The minimum Gasteiger partial charge on any atom is -0.326 e. The van der Waals surface area contributed by atoms with Crippen molar-refractivity contribution in [3.63, 3.8) is 0 Å². The number of hydrogen-bond acceptors (Lipinski definition) is 2. The smallest absolute Gasteiger partial charge is 0.224 e. The van der Waals surface area contributed by atoms with Crippen LogP contribution < -0.4 is 5.32 Å². The summed E-state index contributed by atoms with van der Waals surface area (Å²) in [5.74, 6) is 0.199. The molecule has 3 heteroatoms. The van der Waals surface area contributed by atoms with Gasteiger partial charge in [0.25, 0.3) is 0 Å². The van der Waals surface area contributed by atoms with Crippen LogP contribution in [0.2, 0.25) is 0 Å². The highest BCUT2D eigenvalue weighted by Crippen LogP contribution is 2.27. The van der Waals surface area contributed by atoms with Crippen molar-refractivity contribution < 1.29 is 9.59 Å². The predicted octanol–water partition coefficient (Wildman–Crippen LogP) is 3.19. The van der Waals surface area contributed by atoms with Crippen LogP contribution in [0.1, 0.15) is 49.5 Å². The number of fused-ring (bicyclic) bond motifs is 1. The number of carbonyl (C=O) groups is 2. The van der Waals surface area contributed by atoms with E-state index in [0.717, 1.165) is 29.7 Å². The zero-order chi connectivity index (χ0) is 13.3. The molecule has 0 bridgehead atoms. The third-order valence-corrected chi connectivity index (χ3v) is 3.17. The molecule has 0 atom stereocenters. The lowest BCUT2D eigenvalue weighted by atomic mass is 9.85. The van der Waals surface area contributed by atoms with Crippen molar-refractivity contribution in [2.45, 2.75) is 40.0 Å². The Morgan fingerprint density at radius 3 is 2.61 bits per heavy atom. The summed E-state index contributed by atoms with van der Waals surface area (Å²) in [7, 11) is 0. The number of aryl methyl sites for hydroxylation is 1. The first-order valence-corrected chi connectivity index (χ1v) is 6.35. The van der Waals surface area contributed by atoms with Crippen LogP contribution in [-0.4, -0.2) is 11.7 Å². The number of anilines is 1. The topological polar surface area (TPSA) is 46.2 Å². The molecule has 0 saturated carbocycles. The number of nitrogens with one attached hydrogen (secondary N) is 1. The zero-order valence-electron chi connectivity index (χ0n) is 11.2. The Hall–Kier alpha value is -1.64. The quantitative estimate of drug-likeness (QED) is 0.772. The number of carbonyl (C=O) groups excluding carboxylic acids is 2. The first-order valence-electron chi connectivity index (χ1n) is 6.35. The molecule has 3 nitrogen and oxygen atoms in total. The van der Waals surface area contributed by atoms with E-state index < -0.39 is 0 Å². The largest absolute Gasteiger partial charge is 0.326 e. The lowest BCUT2D eigenvalue weighted by molar-refractivity contribution is -0.116. The summed E-state index contributed by atoms with van der Waals surface area (Å²) in [6, 6.07) is 5.57. The second-order valence-corrected chi connectivity index (χ2v) is 5.85. The highest BCUT2D eigenvalue weighted by Gasteiger charge is 2.24. The molecular weight excluding hydrogens is 226 g/mol. The first kappa shape index (κ1) is 12.8. The third kappa shape index (κ3) is 2.61. The molecule has 2 rings (SSSR count). The van der Waals surface area contributed by atoms with Crippen LogP contribution >= 0.6 is 0 Å². The fraction of sp³-hybridized carbons (Fsp3) is 0.467. The van der Waals surface area contributed by atoms with E-state index in [1.54, 1.807) is 6.07 Å². The monoisotopic (exact) mass is 245 g/mol. The van der Waals surface area contributed by atoms with Gasteiger partial charge in [0.15, 0.2) is 5.78 Å². The van der Waals surface area contributed by atoms with E-state index in [9.17, 15) is 9.59 Å². The lowest BCUT2D eigenvalue weighted by Gasteiger charge is -2.17. The van der Waals surface area contributed by atoms with Gasteiger partial charge >= 0.3 is 0 Å². The van der Waals surface area contributed by atoms with E-state index in [1.807, 2.05) is 32.9 Å². The van der Waals surface area contributed by atoms with Gasteiger partial charge < -0.3 is 5.32 Å². The Morgan fingerprint density at radius 1 is 1.22 bits per heavy atom. The lowest BCUT2D eigenvalue weighted by Crippen LogP contribution is -2.20. The van der Waals surface area contributed by atoms with Crippen LogP contribution in [0.3, 0.4) is 0 Å². The van der Waals surface area contributed by atoms with Gasteiger partial charge in [0.2, 0.25) is 5.91 Å². The minimum absolute atomic E-state index is 0.0589. The molecule has 1 aromatic rings. The third-order valence-electron chi connectivity index (χ3n) is 3.17. The van der Waals surface area contributed by atoms with Crippen molar-refractivity contribution in [3.05, 3.63) is 29.3 Å². The Bertz CT molecular complexity index is 498. The first-order chi connectivity index (χ1) is 8.38. The molecule has 18 heavy (non-hydrogen) atoms. The number of amides is 1.